The molecule has 0 saturated heterocycles. The van der Waals surface area contributed by atoms with Crippen molar-refractivity contribution in [2.24, 2.45) is 0 Å². The van der Waals surface area contributed by atoms with Gasteiger partial charge in [-0.15, -0.1) is 0 Å². The molecule has 0 bridgehead atoms. The fourth-order valence-electron chi connectivity index (χ4n) is 1.49. The quantitative estimate of drug-likeness (QED) is 0.779. The Balaban J connectivity index is 2.46. The molecule has 1 aromatic carbocycles. The topological polar surface area (TPSA) is 46.5 Å². The van der Waals surface area contributed by atoms with Gasteiger partial charge < -0.3 is 9.84 Å². The molecule has 0 aliphatic rings. The van der Waals surface area contributed by atoms with Crippen LogP contribution in [-0.2, 0) is 22.6 Å². The number of hydrogen-bond donors (Lipinski definition) is 1. The summed E-state index contributed by atoms with van der Waals surface area (Å²) >= 11 is 0. The summed E-state index contributed by atoms with van der Waals surface area (Å²) in [6.45, 7) is 0.604. The SMILES string of the molecule is COCc1cccc(CCCC(=O)O)c1. The number of benzene rings is 1. The average Bonchev–Trinajstić information content (AvgIpc) is 2.18. The molecule has 0 heterocycles. The summed E-state index contributed by atoms with van der Waals surface area (Å²) in [6.07, 6.45) is 1.73. The predicted octanol–water partition coefficient (Wildman–Crippen LogP) is 2.24. The molecule has 3 heteroatoms. The van der Waals surface area contributed by atoms with Crippen molar-refractivity contribution >= 4 is 5.97 Å². The van der Waals surface area contributed by atoms with Gasteiger partial charge in [0, 0.05) is 13.5 Å². The van der Waals surface area contributed by atoms with Crippen molar-refractivity contribution in [3.8, 4) is 0 Å². The molecular weight excluding hydrogens is 192 g/mol. The Kier molecular flexibility index (Phi) is 4.84. The van der Waals surface area contributed by atoms with Crippen molar-refractivity contribution < 1.29 is 14.6 Å². The molecule has 0 unspecified atom stereocenters. The molecule has 1 aromatic rings. The molecule has 0 aromatic heterocycles. The van der Waals surface area contributed by atoms with Crippen LogP contribution < -0.4 is 0 Å². The van der Waals surface area contributed by atoms with Gasteiger partial charge in [0.2, 0.25) is 0 Å². The van der Waals surface area contributed by atoms with Gasteiger partial charge in [-0.1, -0.05) is 24.3 Å². The Morgan fingerprint density at radius 1 is 1.40 bits per heavy atom. The van der Waals surface area contributed by atoms with Gasteiger partial charge >= 0.3 is 5.97 Å². The van der Waals surface area contributed by atoms with Crippen LogP contribution in [0.5, 0.6) is 0 Å². The van der Waals surface area contributed by atoms with Gasteiger partial charge in [0.25, 0.3) is 0 Å². The zero-order chi connectivity index (χ0) is 11.1. The lowest BCUT2D eigenvalue weighted by Gasteiger charge is -2.03. The second-order valence-corrected chi connectivity index (χ2v) is 3.50. The largest absolute Gasteiger partial charge is 0.481 e. The van der Waals surface area contributed by atoms with Gasteiger partial charge in [-0.2, -0.15) is 0 Å². The first-order valence-electron chi connectivity index (χ1n) is 5.01. The maximum Gasteiger partial charge on any atom is 0.303 e. The molecular formula is C12H16O3. The number of hydrogen-bond acceptors (Lipinski definition) is 2. The highest BCUT2D eigenvalue weighted by Gasteiger charge is 1.99. The smallest absolute Gasteiger partial charge is 0.303 e. The molecule has 82 valence electrons. The van der Waals surface area contributed by atoms with Crippen LogP contribution in [0.15, 0.2) is 24.3 Å². The van der Waals surface area contributed by atoms with Crippen molar-refractivity contribution in [2.75, 3.05) is 7.11 Å². The molecule has 0 atom stereocenters. The van der Waals surface area contributed by atoms with Crippen molar-refractivity contribution in [1.29, 1.82) is 0 Å². The number of carboxylic acids is 1. The van der Waals surface area contributed by atoms with Crippen LogP contribution >= 0.6 is 0 Å². The van der Waals surface area contributed by atoms with Crippen molar-refractivity contribution in [2.45, 2.75) is 25.9 Å². The Morgan fingerprint density at radius 2 is 2.13 bits per heavy atom. The minimum absolute atomic E-state index is 0.231. The standard InChI is InChI=1S/C12H16O3/c1-15-9-11-6-2-4-10(8-11)5-3-7-12(13)14/h2,4,6,8H,3,5,7,9H2,1H3,(H,13,14). The Bertz CT molecular complexity index is 320. The molecule has 0 aliphatic carbocycles. The highest BCUT2D eigenvalue weighted by atomic mass is 16.5. The summed E-state index contributed by atoms with van der Waals surface area (Å²) in [7, 11) is 1.66. The highest BCUT2D eigenvalue weighted by Crippen LogP contribution is 2.09. The minimum Gasteiger partial charge on any atom is -0.481 e. The van der Waals surface area contributed by atoms with Crippen molar-refractivity contribution in [3.63, 3.8) is 0 Å². The molecule has 0 amide bonds. The minimum atomic E-state index is -0.733. The second-order valence-electron chi connectivity index (χ2n) is 3.50. The van der Waals surface area contributed by atoms with Crippen molar-refractivity contribution in [1.82, 2.24) is 0 Å². The first-order valence-corrected chi connectivity index (χ1v) is 5.01. The van der Waals surface area contributed by atoms with Gasteiger partial charge in [0.15, 0.2) is 0 Å². The zero-order valence-electron chi connectivity index (χ0n) is 8.90. The lowest BCUT2D eigenvalue weighted by molar-refractivity contribution is -0.137. The molecule has 0 radical (unpaired) electrons. The fourth-order valence-corrected chi connectivity index (χ4v) is 1.49. The maximum atomic E-state index is 10.3. The van der Waals surface area contributed by atoms with E-state index in [1.165, 1.54) is 5.56 Å². The van der Waals surface area contributed by atoms with Crippen LogP contribution in [-0.4, -0.2) is 18.2 Å². The third kappa shape index (κ3) is 4.61. The maximum absolute atomic E-state index is 10.3. The normalized spacial score (nSPS) is 10.2. The molecule has 1 N–H and O–H groups in total. The predicted molar refractivity (Wildman–Crippen MR) is 57.7 cm³/mol. The van der Waals surface area contributed by atoms with E-state index in [2.05, 4.69) is 6.07 Å². The van der Waals surface area contributed by atoms with E-state index in [1.807, 2.05) is 18.2 Å². The molecule has 1 rings (SSSR count). The number of methoxy groups -OCH3 is 1. The third-order valence-corrected chi connectivity index (χ3v) is 2.16. The van der Waals surface area contributed by atoms with Crippen LogP contribution in [0.1, 0.15) is 24.0 Å². The van der Waals surface area contributed by atoms with Gasteiger partial charge in [-0.05, 0) is 24.0 Å². The highest BCUT2D eigenvalue weighted by molar-refractivity contribution is 5.66. The van der Waals surface area contributed by atoms with Crippen LogP contribution in [0.3, 0.4) is 0 Å². The number of aryl methyl sites for hydroxylation is 1. The van der Waals surface area contributed by atoms with E-state index >= 15 is 0 Å². The number of rotatable bonds is 6. The van der Waals surface area contributed by atoms with E-state index in [9.17, 15) is 4.79 Å². The lowest BCUT2D eigenvalue weighted by atomic mass is 10.1. The fraction of sp³-hybridized carbons (Fsp3) is 0.417. The van der Waals surface area contributed by atoms with Gasteiger partial charge in [0.05, 0.1) is 6.61 Å². The first kappa shape index (κ1) is 11.7. The zero-order valence-corrected chi connectivity index (χ0v) is 8.90. The number of aliphatic carboxylic acids is 1. The number of ether oxygens (including phenoxy) is 1. The van der Waals surface area contributed by atoms with Crippen LogP contribution in [0.25, 0.3) is 0 Å². The Hall–Kier alpha value is -1.35. The molecule has 0 spiro atoms. The number of carboxylic acid groups (broad SMARTS) is 1. The molecule has 15 heavy (non-hydrogen) atoms. The van der Waals surface area contributed by atoms with E-state index in [1.54, 1.807) is 7.11 Å². The van der Waals surface area contributed by atoms with Crippen LogP contribution in [0.2, 0.25) is 0 Å². The van der Waals surface area contributed by atoms with E-state index < -0.39 is 5.97 Å². The first-order chi connectivity index (χ1) is 7.22. The summed E-state index contributed by atoms with van der Waals surface area (Å²) in [5.41, 5.74) is 2.30. The van der Waals surface area contributed by atoms with E-state index in [0.29, 0.717) is 13.0 Å². The summed E-state index contributed by atoms with van der Waals surface area (Å²) < 4.78 is 5.03. The third-order valence-electron chi connectivity index (χ3n) is 2.16. The molecule has 0 fully saturated rings. The Morgan fingerprint density at radius 3 is 2.80 bits per heavy atom. The van der Waals surface area contributed by atoms with E-state index in [4.69, 9.17) is 9.84 Å². The van der Waals surface area contributed by atoms with E-state index in [0.717, 1.165) is 12.0 Å². The Labute approximate surface area is 89.7 Å². The van der Waals surface area contributed by atoms with Crippen molar-refractivity contribution in [3.05, 3.63) is 35.4 Å². The van der Waals surface area contributed by atoms with Gasteiger partial charge in [0.1, 0.15) is 0 Å². The molecule has 0 saturated carbocycles. The summed E-state index contributed by atoms with van der Waals surface area (Å²) in [5, 5.41) is 8.51. The molecule has 0 aliphatic heterocycles. The molecule has 3 nitrogen and oxygen atoms in total. The summed E-state index contributed by atoms with van der Waals surface area (Å²) in [6, 6.07) is 8.06. The van der Waals surface area contributed by atoms with Gasteiger partial charge in [-0.25, -0.2) is 0 Å². The summed E-state index contributed by atoms with van der Waals surface area (Å²) in [5.74, 6) is -0.733. The monoisotopic (exact) mass is 208 g/mol. The van der Waals surface area contributed by atoms with Crippen LogP contribution in [0.4, 0.5) is 0 Å². The summed E-state index contributed by atoms with van der Waals surface area (Å²) in [4.78, 5) is 10.3. The van der Waals surface area contributed by atoms with Crippen LogP contribution in [0, 0.1) is 0 Å². The van der Waals surface area contributed by atoms with E-state index in [-0.39, 0.29) is 6.42 Å². The second kappa shape index (κ2) is 6.19. The van der Waals surface area contributed by atoms with Gasteiger partial charge in [-0.3, -0.25) is 4.79 Å². The number of carbonyl (C=O) groups is 1. The average molecular weight is 208 g/mol. The lowest BCUT2D eigenvalue weighted by Crippen LogP contribution is -1.96.